The average molecular weight is 397 g/mol. The molecule has 2 aliphatic rings. The van der Waals surface area contributed by atoms with E-state index in [2.05, 4.69) is 38.1 Å². The summed E-state index contributed by atoms with van der Waals surface area (Å²) in [5.74, 6) is 1.12. The molecule has 0 amide bonds. The molecule has 2 aromatic carbocycles. The molecular formula is C25H23N3O2. The molecule has 0 aliphatic carbocycles. The van der Waals surface area contributed by atoms with Crippen molar-refractivity contribution in [2.24, 2.45) is 9.98 Å². The summed E-state index contributed by atoms with van der Waals surface area (Å²) in [7, 11) is 0. The molecule has 1 aromatic heterocycles. The van der Waals surface area contributed by atoms with Gasteiger partial charge in [0.25, 0.3) is 0 Å². The SMILES string of the molecule is C[C@@H]1N=C(c2cccc(C3=N[C@@H](C)[C@H](c4ccccc4)O3)n2)O[C@H]1c1ccccc1. The molecule has 150 valence electrons. The Kier molecular flexibility index (Phi) is 4.79. The molecule has 0 spiro atoms. The molecule has 0 unspecified atom stereocenters. The number of aromatic nitrogens is 1. The Labute approximate surface area is 176 Å². The van der Waals surface area contributed by atoms with Crippen LogP contribution in [0.15, 0.2) is 88.8 Å². The van der Waals surface area contributed by atoms with Crippen LogP contribution >= 0.6 is 0 Å². The fraction of sp³-hybridized carbons (Fsp3) is 0.240. The Balaban J connectivity index is 1.37. The van der Waals surface area contributed by atoms with E-state index in [-0.39, 0.29) is 24.3 Å². The summed E-state index contributed by atoms with van der Waals surface area (Å²) in [5, 5.41) is 0. The van der Waals surface area contributed by atoms with Gasteiger partial charge in [0.15, 0.2) is 0 Å². The summed E-state index contributed by atoms with van der Waals surface area (Å²) in [5.41, 5.74) is 3.62. The molecular weight excluding hydrogens is 374 g/mol. The molecule has 0 saturated heterocycles. The van der Waals surface area contributed by atoms with Gasteiger partial charge in [-0.3, -0.25) is 0 Å². The van der Waals surface area contributed by atoms with Crippen LogP contribution < -0.4 is 0 Å². The van der Waals surface area contributed by atoms with Crippen LogP contribution in [0.1, 0.15) is 48.6 Å². The number of hydrogen-bond acceptors (Lipinski definition) is 5. The maximum absolute atomic E-state index is 6.18. The lowest BCUT2D eigenvalue weighted by atomic mass is 10.0. The summed E-state index contributed by atoms with van der Waals surface area (Å²) >= 11 is 0. The maximum atomic E-state index is 6.18. The summed E-state index contributed by atoms with van der Waals surface area (Å²) in [4.78, 5) is 14.2. The third-order valence-corrected chi connectivity index (χ3v) is 5.44. The molecule has 5 rings (SSSR count). The average Bonchev–Trinajstić information content (AvgIpc) is 3.38. The fourth-order valence-electron chi connectivity index (χ4n) is 3.91. The smallest absolute Gasteiger partial charge is 0.236 e. The Morgan fingerprint density at radius 3 is 1.43 bits per heavy atom. The van der Waals surface area contributed by atoms with E-state index in [0.29, 0.717) is 23.2 Å². The highest BCUT2D eigenvalue weighted by molar-refractivity contribution is 5.97. The van der Waals surface area contributed by atoms with Crippen molar-refractivity contribution >= 4 is 11.8 Å². The lowest BCUT2D eigenvalue weighted by molar-refractivity contribution is 0.201. The zero-order valence-electron chi connectivity index (χ0n) is 17.0. The minimum Gasteiger partial charge on any atom is -0.466 e. The van der Waals surface area contributed by atoms with Gasteiger partial charge < -0.3 is 9.47 Å². The monoisotopic (exact) mass is 397 g/mol. The highest BCUT2D eigenvalue weighted by Gasteiger charge is 2.32. The van der Waals surface area contributed by atoms with Gasteiger partial charge in [-0.05, 0) is 37.1 Å². The second-order valence-corrected chi connectivity index (χ2v) is 7.66. The Morgan fingerprint density at radius 1 is 0.567 bits per heavy atom. The first-order chi connectivity index (χ1) is 14.7. The van der Waals surface area contributed by atoms with E-state index in [1.807, 2.05) is 54.6 Å². The normalized spacial score (nSPS) is 25.3. The van der Waals surface area contributed by atoms with Crippen molar-refractivity contribution in [1.82, 2.24) is 4.98 Å². The molecule has 0 fully saturated rings. The van der Waals surface area contributed by atoms with Crippen LogP contribution in [-0.4, -0.2) is 28.9 Å². The van der Waals surface area contributed by atoms with Crippen LogP contribution in [0, 0.1) is 0 Å². The minimum absolute atomic E-state index is 0.0235. The molecule has 0 N–H and O–H groups in total. The van der Waals surface area contributed by atoms with Crippen molar-refractivity contribution in [3.8, 4) is 0 Å². The first-order valence-electron chi connectivity index (χ1n) is 10.3. The van der Waals surface area contributed by atoms with Gasteiger partial charge in [-0.25, -0.2) is 15.0 Å². The Hall–Kier alpha value is -3.47. The third kappa shape index (κ3) is 3.47. The van der Waals surface area contributed by atoms with Gasteiger partial charge in [0.05, 0.1) is 12.1 Å². The predicted octanol–water partition coefficient (Wildman–Crippen LogP) is 4.89. The highest BCUT2D eigenvalue weighted by atomic mass is 16.5. The van der Waals surface area contributed by atoms with E-state index in [1.165, 1.54) is 0 Å². The van der Waals surface area contributed by atoms with Gasteiger partial charge in [0, 0.05) is 0 Å². The van der Waals surface area contributed by atoms with Gasteiger partial charge in [-0.2, -0.15) is 0 Å². The maximum Gasteiger partial charge on any atom is 0.236 e. The lowest BCUT2D eigenvalue weighted by Gasteiger charge is -2.15. The van der Waals surface area contributed by atoms with Crippen LogP contribution in [0.2, 0.25) is 0 Å². The number of rotatable bonds is 4. The largest absolute Gasteiger partial charge is 0.466 e. The first-order valence-corrected chi connectivity index (χ1v) is 10.3. The molecule has 3 aromatic rings. The number of ether oxygens (including phenoxy) is 2. The van der Waals surface area contributed by atoms with Crippen LogP contribution in [-0.2, 0) is 9.47 Å². The lowest BCUT2D eigenvalue weighted by Crippen LogP contribution is -2.13. The molecule has 5 heteroatoms. The van der Waals surface area contributed by atoms with Crippen LogP contribution in [0.25, 0.3) is 0 Å². The van der Waals surface area contributed by atoms with Gasteiger partial charge in [-0.15, -0.1) is 0 Å². The summed E-state index contributed by atoms with van der Waals surface area (Å²) < 4.78 is 12.4. The fourth-order valence-corrected chi connectivity index (χ4v) is 3.91. The van der Waals surface area contributed by atoms with Crippen molar-refractivity contribution in [3.05, 3.63) is 101 Å². The summed E-state index contributed by atoms with van der Waals surface area (Å²) in [6.07, 6.45) is -0.205. The number of nitrogens with zero attached hydrogens (tertiary/aromatic N) is 3. The number of aliphatic imine (C=N–C) groups is 2. The van der Waals surface area contributed by atoms with Gasteiger partial charge in [-0.1, -0.05) is 66.7 Å². The zero-order chi connectivity index (χ0) is 20.5. The molecule has 0 bridgehead atoms. The highest BCUT2D eigenvalue weighted by Crippen LogP contribution is 2.32. The first kappa shape index (κ1) is 18.6. The van der Waals surface area contributed by atoms with Crippen molar-refractivity contribution in [2.45, 2.75) is 38.1 Å². The van der Waals surface area contributed by atoms with Crippen molar-refractivity contribution in [3.63, 3.8) is 0 Å². The van der Waals surface area contributed by atoms with Crippen molar-refractivity contribution < 1.29 is 9.47 Å². The molecule has 0 radical (unpaired) electrons. The number of benzene rings is 2. The van der Waals surface area contributed by atoms with E-state index in [9.17, 15) is 0 Å². The van der Waals surface area contributed by atoms with Crippen LogP contribution in [0.5, 0.6) is 0 Å². The van der Waals surface area contributed by atoms with E-state index < -0.39 is 0 Å². The van der Waals surface area contributed by atoms with Gasteiger partial charge in [0.1, 0.15) is 23.6 Å². The third-order valence-electron chi connectivity index (χ3n) is 5.44. The standard InChI is InChI=1S/C25H23N3O2/c1-16-22(18-10-5-3-6-11-18)29-24(26-16)20-14-9-15-21(28-20)25-27-17(2)23(30-25)19-12-7-4-8-13-19/h3-17,22-23H,1-2H3/t16-,17-,22+,23+/m0/s1. The van der Waals surface area contributed by atoms with Crippen molar-refractivity contribution in [1.29, 1.82) is 0 Å². The topological polar surface area (TPSA) is 56.1 Å². The predicted molar refractivity (Wildman–Crippen MR) is 117 cm³/mol. The van der Waals surface area contributed by atoms with Crippen LogP contribution in [0.3, 0.4) is 0 Å². The van der Waals surface area contributed by atoms with Gasteiger partial charge in [0.2, 0.25) is 11.8 Å². The quantitative estimate of drug-likeness (QED) is 0.629. The number of pyridine rings is 1. The zero-order valence-corrected chi connectivity index (χ0v) is 17.0. The Morgan fingerprint density at radius 2 is 1.00 bits per heavy atom. The second-order valence-electron chi connectivity index (χ2n) is 7.66. The Bertz CT molecular complexity index is 1010. The molecule has 5 nitrogen and oxygen atoms in total. The molecule has 4 atom stereocenters. The second kappa shape index (κ2) is 7.75. The molecule has 3 heterocycles. The van der Waals surface area contributed by atoms with Crippen LogP contribution in [0.4, 0.5) is 0 Å². The van der Waals surface area contributed by atoms with Crippen molar-refractivity contribution in [2.75, 3.05) is 0 Å². The number of hydrogen-bond donors (Lipinski definition) is 0. The van der Waals surface area contributed by atoms with E-state index >= 15 is 0 Å². The summed E-state index contributed by atoms with van der Waals surface area (Å²) in [6.45, 7) is 4.12. The van der Waals surface area contributed by atoms with E-state index in [4.69, 9.17) is 24.4 Å². The molecule has 2 aliphatic heterocycles. The van der Waals surface area contributed by atoms with Gasteiger partial charge >= 0.3 is 0 Å². The minimum atomic E-state index is -0.103. The summed E-state index contributed by atoms with van der Waals surface area (Å²) in [6, 6.07) is 26.1. The molecule has 30 heavy (non-hydrogen) atoms. The molecule has 0 saturated carbocycles. The van der Waals surface area contributed by atoms with E-state index in [0.717, 1.165) is 11.1 Å². The van der Waals surface area contributed by atoms with E-state index in [1.54, 1.807) is 0 Å².